The van der Waals surface area contributed by atoms with Gasteiger partial charge in [0.2, 0.25) is 0 Å². The molecule has 3 heteroatoms. The van der Waals surface area contributed by atoms with Crippen molar-refractivity contribution in [3.8, 4) is 0 Å². The molecular weight excluding hydrogens is 164 g/mol. The molecule has 1 unspecified atom stereocenters. The summed E-state index contributed by atoms with van der Waals surface area (Å²) in [6.07, 6.45) is 4.01. The van der Waals surface area contributed by atoms with Crippen molar-refractivity contribution in [2.45, 2.75) is 37.8 Å². The Morgan fingerprint density at radius 1 is 1.54 bits per heavy atom. The zero-order chi connectivity index (χ0) is 9.90. The van der Waals surface area contributed by atoms with E-state index in [1.807, 2.05) is 7.05 Å². The van der Waals surface area contributed by atoms with Crippen LogP contribution in [0, 0.1) is 0 Å². The third-order valence-electron chi connectivity index (χ3n) is 3.25. The first-order chi connectivity index (χ1) is 6.11. The number of nitrogens with zero attached hydrogens (tertiary/aromatic N) is 1. The molecule has 1 aliphatic carbocycles. The highest BCUT2D eigenvalue weighted by atomic mass is 16.3. The van der Waals surface area contributed by atoms with Gasteiger partial charge in [-0.25, -0.2) is 0 Å². The van der Waals surface area contributed by atoms with Gasteiger partial charge in [-0.3, -0.25) is 0 Å². The summed E-state index contributed by atoms with van der Waals surface area (Å²) in [5.74, 6) is 0. The summed E-state index contributed by atoms with van der Waals surface area (Å²) in [6, 6.07) is 0.749. The summed E-state index contributed by atoms with van der Waals surface area (Å²) in [7, 11) is 4.06. The van der Waals surface area contributed by atoms with Crippen molar-refractivity contribution >= 4 is 0 Å². The van der Waals surface area contributed by atoms with Crippen LogP contribution in [0.15, 0.2) is 0 Å². The number of aliphatic hydroxyl groups excluding tert-OH is 1. The second-order valence-corrected chi connectivity index (χ2v) is 4.47. The fourth-order valence-electron chi connectivity index (χ4n) is 1.72. The van der Waals surface area contributed by atoms with Gasteiger partial charge >= 0.3 is 0 Å². The molecule has 1 rings (SSSR count). The van der Waals surface area contributed by atoms with Crippen molar-refractivity contribution < 1.29 is 5.11 Å². The lowest BCUT2D eigenvalue weighted by molar-refractivity contribution is 0.0886. The highest BCUT2D eigenvalue weighted by Gasteiger charge is 2.28. The van der Waals surface area contributed by atoms with E-state index in [0.717, 1.165) is 12.6 Å². The zero-order valence-electron chi connectivity index (χ0n) is 9.01. The van der Waals surface area contributed by atoms with Gasteiger partial charge in [0.15, 0.2) is 0 Å². The molecule has 0 amide bonds. The quantitative estimate of drug-likeness (QED) is 0.654. The van der Waals surface area contributed by atoms with Crippen molar-refractivity contribution in [3.05, 3.63) is 0 Å². The van der Waals surface area contributed by atoms with Crippen LogP contribution in [0.5, 0.6) is 0 Å². The average molecular weight is 186 g/mol. The number of likely N-dealkylation sites (N-methyl/N-ethyl adjacent to an activating group) is 2. The first kappa shape index (κ1) is 11.0. The largest absolute Gasteiger partial charge is 0.394 e. The fourth-order valence-corrected chi connectivity index (χ4v) is 1.72. The predicted octanol–water partition coefficient (Wildman–Crippen LogP) is 0.441. The van der Waals surface area contributed by atoms with Crippen molar-refractivity contribution in [1.82, 2.24) is 10.2 Å². The molecule has 13 heavy (non-hydrogen) atoms. The molecule has 0 bridgehead atoms. The zero-order valence-corrected chi connectivity index (χ0v) is 9.01. The van der Waals surface area contributed by atoms with E-state index in [4.69, 9.17) is 0 Å². The Labute approximate surface area is 81.1 Å². The van der Waals surface area contributed by atoms with Gasteiger partial charge in [0.25, 0.3) is 0 Å². The second-order valence-electron chi connectivity index (χ2n) is 4.47. The van der Waals surface area contributed by atoms with Crippen molar-refractivity contribution in [1.29, 1.82) is 0 Å². The van der Waals surface area contributed by atoms with E-state index in [0.29, 0.717) is 0 Å². The molecule has 1 atom stereocenters. The van der Waals surface area contributed by atoms with Crippen LogP contribution in [0.3, 0.4) is 0 Å². The molecule has 0 spiro atoms. The van der Waals surface area contributed by atoms with Gasteiger partial charge in [0.05, 0.1) is 12.1 Å². The number of aliphatic hydroxyl groups is 1. The predicted molar refractivity (Wildman–Crippen MR) is 54.8 cm³/mol. The summed E-state index contributed by atoms with van der Waals surface area (Å²) in [5.41, 5.74) is -0.148. The lowest BCUT2D eigenvalue weighted by Crippen LogP contribution is -2.54. The van der Waals surface area contributed by atoms with E-state index in [1.165, 1.54) is 19.3 Å². The lowest BCUT2D eigenvalue weighted by atomic mass is 9.90. The van der Waals surface area contributed by atoms with Crippen LogP contribution in [0.25, 0.3) is 0 Å². The van der Waals surface area contributed by atoms with Crippen LogP contribution in [0.4, 0.5) is 0 Å². The minimum atomic E-state index is -0.148. The molecule has 2 N–H and O–H groups in total. The van der Waals surface area contributed by atoms with Crippen LogP contribution in [0.2, 0.25) is 0 Å². The van der Waals surface area contributed by atoms with Crippen molar-refractivity contribution in [2.24, 2.45) is 0 Å². The maximum Gasteiger partial charge on any atom is 0.0623 e. The first-order valence-electron chi connectivity index (χ1n) is 5.11. The van der Waals surface area contributed by atoms with Gasteiger partial charge < -0.3 is 15.3 Å². The summed E-state index contributed by atoms with van der Waals surface area (Å²) >= 11 is 0. The minimum Gasteiger partial charge on any atom is -0.394 e. The second kappa shape index (κ2) is 4.40. The molecule has 0 aromatic carbocycles. The smallest absolute Gasteiger partial charge is 0.0623 e. The third kappa shape index (κ3) is 2.66. The molecule has 1 aliphatic rings. The summed E-state index contributed by atoms with van der Waals surface area (Å²) < 4.78 is 0. The molecule has 0 radical (unpaired) electrons. The lowest BCUT2D eigenvalue weighted by Gasteiger charge is -2.40. The summed E-state index contributed by atoms with van der Waals surface area (Å²) in [5, 5.41) is 12.4. The highest BCUT2D eigenvalue weighted by molar-refractivity contribution is 4.88. The Bertz CT molecular complexity index is 153. The molecule has 1 fully saturated rings. The van der Waals surface area contributed by atoms with Gasteiger partial charge in [0.1, 0.15) is 0 Å². The van der Waals surface area contributed by atoms with E-state index in [-0.39, 0.29) is 12.1 Å². The third-order valence-corrected chi connectivity index (χ3v) is 3.25. The van der Waals surface area contributed by atoms with Crippen molar-refractivity contribution in [2.75, 3.05) is 27.2 Å². The van der Waals surface area contributed by atoms with Gasteiger partial charge in [-0.1, -0.05) is 6.42 Å². The monoisotopic (exact) mass is 186 g/mol. The van der Waals surface area contributed by atoms with Gasteiger partial charge in [-0.2, -0.15) is 0 Å². The average Bonchev–Trinajstić information content (AvgIpc) is 2.01. The molecule has 0 aromatic heterocycles. The molecule has 0 aromatic rings. The molecule has 0 heterocycles. The number of nitrogens with one attached hydrogen (secondary N) is 1. The van der Waals surface area contributed by atoms with Gasteiger partial charge in [-0.05, 0) is 33.9 Å². The van der Waals surface area contributed by atoms with E-state index >= 15 is 0 Å². The number of hydrogen-bond donors (Lipinski definition) is 2. The summed E-state index contributed by atoms with van der Waals surface area (Å²) in [6.45, 7) is 3.17. The molecule has 1 saturated carbocycles. The van der Waals surface area contributed by atoms with Gasteiger partial charge in [0, 0.05) is 12.6 Å². The number of hydrogen-bond acceptors (Lipinski definition) is 3. The molecular formula is C10H22N2O. The van der Waals surface area contributed by atoms with Gasteiger partial charge in [-0.15, -0.1) is 0 Å². The molecule has 3 nitrogen and oxygen atoms in total. The van der Waals surface area contributed by atoms with Crippen LogP contribution in [0.1, 0.15) is 26.2 Å². The minimum absolute atomic E-state index is 0.148. The van der Waals surface area contributed by atoms with E-state index in [9.17, 15) is 5.11 Å². The Balaban J connectivity index is 2.35. The Morgan fingerprint density at radius 2 is 2.15 bits per heavy atom. The molecule has 0 aliphatic heterocycles. The normalized spacial score (nSPS) is 22.8. The maximum absolute atomic E-state index is 9.22. The number of rotatable bonds is 5. The SMILES string of the molecule is CNC(C)(CO)CN(C)C1CCC1. The fraction of sp³-hybridized carbons (Fsp3) is 1.00. The first-order valence-corrected chi connectivity index (χ1v) is 5.11. The summed E-state index contributed by atoms with van der Waals surface area (Å²) in [4.78, 5) is 2.36. The molecule has 0 saturated heterocycles. The topological polar surface area (TPSA) is 35.5 Å². The van der Waals surface area contributed by atoms with Crippen molar-refractivity contribution in [3.63, 3.8) is 0 Å². The highest BCUT2D eigenvalue weighted by Crippen LogP contribution is 2.24. The maximum atomic E-state index is 9.22. The van der Waals surface area contributed by atoms with Crippen LogP contribution in [-0.4, -0.2) is 48.8 Å². The Kier molecular flexibility index (Phi) is 3.71. The van der Waals surface area contributed by atoms with E-state index in [2.05, 4.69) is 24.2 Å². The van der Waals surface area contributed by atoms with Crippen LogP contribution in [-0.2, 0) is 0 Å². The molecule has 78 valence electrons. The van der Waals surface area contributed by atoms with Crippen LogP contribution >= 0.6 is 0 Å². The Morgan fingerprint density at radius 3 is 2.46 bits per heavy atom. The van der Waals surface area contributed by atoms with E-state index in [1.54, 1.807) is 0 Å². The Hall–Kier alpha value is -0.120. The standard InChI is InChI=1S/C10H22N2O/c1-10(8-13,11-2)7-12(3)9-5-4-6-9/h9,11,13H,4-8H2,1-3H3. The van der Waals surface area contributed by atoms with E-state index < -0.39 is 0 Å². The van der Waals surface area contributed by atoms with Crippen LogP contribution < -0.4 is 5.32 Å².